The molecule has 2 N–H and O–H groups in total. The fourth-order valence-electron chi connectivity index (χ4n) is 4.75. The number of fused-ring (bicyclic) bond motifs is 1. The lowest BCUT2D eigenvalue weighted by molar-refractivity contribution is -0.133. The van der Waals surface area contributed by atoms with E-state index in [0.29, 0.717) is 39.8 Å². The number of carbonyl (C=O) groups is 2. The van der Waals surface area contributed by atoms with Crippen molar-refractivity contribution < 1.29 is 9.59 Å². The van der Waals surface area contributed by atoms with Crippen LogP contribution in [0.4, 0.5) is 10.8 Å². The van der Waals surface area contributed by atoms with Crippen molar-refractivity contribution in [2.75, 3.05) is 23.3 Å². The van der Waals surface area contributed by atoms with Crippen LogP contribution in [0.2, 0.25) is 0 Å². The van der Waals surface area contributed by atoms with Crippen molar-refractivity contribution in [3.8, 4) is 11.3 Å². The number of aromatic nitrogens is 5. The number of rotatable bonds is 4. The Hall–Kier alpha value is -3.99. The molecule has 2 aliphatic rings. The number of hydrogen-bond acceptors (Lipinski definition) is 9. The van der Waals surface area contributed by atoms with Gasteiger partial charge in [0.15, 0.2) is 15.6 Å². The summed E-state index contributed by atoms with van der Waals surface area (Å²) < 4.78 is 0. The number of anilines is 2. The van der Waals surface area contributed by atoms with Crippen molar-refractivity contribution in [2.24, 2.45) is 0 Å². The van der Waals surface area contributed by atoms with Gasteiger partial charge in [0.1, 0.15) is 0 Å². The van der Waals surface area contributed by atoms with Gasteiger partial charge < -0.3 is 10.2 Å². The van der Waals surface area contributed by atoms with Crippen molar-refractivity contribution in [1.82, 2.24) is 30.2 Å². The molecular formula is C24H22N8O2S. The highest BCUT2D eigenvalue weighted by molar-refractivity contribution is 7.21. The minimum absolute atomic E-state index is 0.0841. The summed E-state index contributed by atoms with van der Waals surface area (Å²) in [5.74, 6) is -0.209. The van der Waals surface area contributed by atoms with Crippen LogP contribution in [0.25, 0.3) is 21.7 Å². The van der Waals surface area contributed by atoms with E-state index in [-0.39, 0.29) is 17.4 Å². The third kappa shape index (κ3) is 4.08. The second kappa shape index (κ2) is 8.35. The van der Waals surface area contributed by atoms with E-state index in [1.165, 1.54) is 11.3 Å². The van der Waals surface area contributed by atoms with Crippen molar-refractivity contribution in [3.63, 3.8) is 0 Å². The number of piperidine rings is 1. The smallest absolute Gasteiger partial charge is 0.261 e. The Morgan fingerprint density at radius 3 is 2.83 bits per heavy atom. The molecule has 2 amide bonds. The van der Waals surface area contributed by atoms with Crippen LogP contribution in [0.1, 0.15) is 35.3 Å². The first-order valence-corrected chi connectivity index (χ1v) is 12.2. The first-order valence-electron chi connectivity index (χ1n) is 11.4. The largest absolute Gasteiger partial charge is 0.368 e. The minimum atomic E-state index is -0.293. The van der Waals surface area contributed by atoms with Gasteiger partial charge in [0.05, 0.1) is 35.1 Å². The first kappa shape index (κ1) is 21.5. The maximum Gasteiger partial charge on any atom is 0.261 e. The van der Waals surface area contributed by atoms with Crippen LogP contribution in [0, 0.1) is 6.92 Å². The Labute approximate surface area is 204 Å². The number of carbonyl (C=O) groups excluding carboxylic acids is 2. The summed E-state index contributed by atoms with van der Waals surface area (Å²) in [5, 5.41) is 6.39. The number of thiazole rings is 1. The first-order chi connectivity index (χ1) is 17.0. The second-order valence-corrected chi connectivity index (χ2v) is 9.94. The summed E-state index contributed by atoms with van der Waals surface area (Å²) in [6.07, 6.45) is 9.10. The molecule has 1 atom stereocenters. The third-order valence-electron chi connectivity index (χ3n) is 6.40. The van der Waals surface area contributed by atoms with E-state index in [4.69, 9.17) is 0 Å². The predicted molar refractivity (Wildman–Crippen MR) is 132 cm³/mol. The van der Waals surface area contributed by atoms with Gasteiger partial charge in [-0.2, -0.15) is 4.98 Å². The molecule has 0 aliphatic carbocycles. The maximum absolute atomic E-state index is 13.3. The summed E-state index contributed by atoms with van der Waals surface area (Å²) in [6, 6.07) is 5.66. The molecule has 6 heterocycles. The SMILES string of the molecule is Cc1cc(N2CCC[C@]3(CC(=O)N3)C2)c(C(=O)Nc2nc3ncc(-c4ccncc4)nc3s2)cn1. The Morgan fingerprint density at radius 1 is 1.20 bits per heavy atom. The van der Waals surface area contributed by atoms with E-state index in [1.807, 2.05) is 25.1 Å². The minimum Gasteiger partial charge on any atom is -0.368 e. The lowest BCUT2D eigenvalue weighted by Gasteiger charge is -2.49. The van der Waals surface area contributed by atoms with Crippen molar-refractivity contribution in [3.05, 3.63) is 54.2 Å². The number of nitrogens with zero attached hydrogens (tertiary/aromatic N) is 6. The Bertz CT molecular complexity index is 1450. The molecule has 10 nitrogen and oxygen atoms in total. The van der Waals surface area contributed by atoms with Crippen LogP contribution in [0.3, 0.4) is 0 Å². The van der Waals surface area contributed by atoms with Crippen molar-refractivity contribution in [2.45, 2.75) is 31.7 Å². The predicted octanol–water partition coefficient (Wildman–Crippen LogP) is 2.96. The van der Waals surface area contributed by atoms with E-state index in [1.54, 1.807) is 24.8 Å². The van der Waals surface area contributed by atoms with Crippen LogP contribution in [0.5, 0.6) is 0 Å². The highest BCUT2D eigenvalue weighted by Gasteiger charge is 2.46. The van der Waals surface area contributed by atoms with Gasteiger partial charge in [-0.05, 0) is 38.0 Å². The van der Waals surface area contributed by atoms with Crippen LogP contribution in [-0.4, -0.2) is 55.4 Å². The number of aryl methyl sites for hydroxylation is 1. The Morgan fingerprint density at radius 2 is 2.03 bits per heavy atom. The van der Waals surface area contributed by atoms with E-state index in [0.717, 1.165) is 36.3 Å². The summed E-state index contributed by atoms with van der Waals surface area (Å²) >= 11 is 1.27. The van der Waals surface area contributed by atoms with Gasteiger partial charge in [0.25, 0.3) is 5.91 Å². The molecule has 176 valence electrons. The average molecular weight is 487 g/mol. The van der Waals surface area contributed by atoms with Gasteiger partial charge in [0, 0.05) is 42.9 Å². The Kier molecular flexibility index (Phi) is 5.14. The highest BCUT2D eigenvalue weighted by atomic mass is 32.1. The number of amides is 2. The van der Waals surface area contributed by atoms with E-state index in [9.17, 15) is 9.59 Å². The zero-order chi connectivity index (χ0) is 24.0. The molecule has 1 spiro atoms. The normalized spacial score (nSPS) is 19.5. The Balaban J connectivity index is 1.26. The van der Waals surface area contributed by atoms with Crippen LogP contribution >= 0.6 is 11.3 Å². The zero-order valence-corrected chi connectivity index (χ0v) is 19.8. The fraction of sp³-hybridized carbons (Fsp3) is 0.292. The fourth-order valence-corrected chi connectivity index (χ4v) is 5.54. The van der Waals surface area contributed by atoms with Gasteiger partial charge >= 0.3 is 0 Å². The molecular weight excluding hydrogens is 464 g/mol. The molecule has 11 heteroatoms. The van der Waals surface area contributed by atoms with Crippen molar-refractivity contribution in [1.29, 1.82) is 0 Å². The monoisotopic (exact) mass is 486 g/mol. The molecule has 0 unspecified atom stereocenters. The lowest BCUT2D eigenvalue weighted by atomic mass is 9.79. The van der Waals surface area contributed by atoms with Gasteiger partial charge in [-0.25, -0.2) is 9.97 Å². The zero-order valence-electron chi connectivity index (χ0n) is 19.0. The second-order valence-electron chi connectivity index (χ2n) is 8.97. The molecule has 2 aliphatic heterocycles. The summed E-state index contributed by atoms with van der Waals surface area (Å²) in [4.78, 5) is 49.6. The van der Waals surface area contributed by atoms with E-state index < -0.39 is 0 Å². The standard InChI is InChI=1S/C24H22N8O2S/c1-14-9-18(32-8-2-5-24(13-32)10-19(33)31-24)16(11-26-14)21(34)30-23-29-20-22(35-23)28-17(12-27-20)15-3-6-25-7-4-15/h3-4,6-7,9,11-12H,2,5,8,10,13H2,1H3,(H,31,33)(H,27,29,30,34)/t24-/m0/s1. The van der Waals surface area contributed by atoms with Crippen LogP contribution < -0.4 is 15.5 Å². The molecule has 0 aromatic carbocycles. The summed E-state index contributed by atoms with van der Waals surface area (Å²) in [6.45, 7) is 3.39. The number of pyridine rings is 2. The van der Waals surface area contributed by atoms with Crippen LogP contribution in [0.15, 0.2) is 43.0 Å². The number of hydrogen-bond donors (Lipinski definition) is 2. The molecule has 6 rings (SSSR count). The third-order valence-corrected chi connectivity index (χ3v) is 7.26. The molecule has 4 aromatic heterocycles. The number of β-lactam (4-membered cyclic amide) rings is 1. The summed E-state index contributed by atoms with van der Waals surface area (Å²) in [7, 11) is 0. The molecule has 2 fully saturated rings. The number of nitrogens with one attached hydrogen (secondary N) is 2. The highest BCUT2D eigenvalue weighted by Crippen LogP contribution is 2.35. The van der Waals surface area contributed by atoms with Gasteiger partial charge in [0.2, 0.25) is 5.91 Å². The molecule has 0 saturated carbocycles. The van der Waals surface area contributed by atoms with Crippen molar-refractivity contribution >= 4 is 44.4 Å². The van der Waals surface area contributed by atoms with Gasteiger partial charge in [-0.15, -0.1) is 0 Å². The molecule has 4 aromatic rings. The molecule has 35 heavy (non-hydrogen) atoms. The summed E-state index contributed by atoms with van der Waals surface area (Å²) in [5.41, 5.74) is 4.01. The molecule has 2 saturated heterocycles. The molecule has 0 bridgehead atoms. The maximum atomic E-state index is 13.3. The van der Waals surface area contributed by atoms with Gasteiger partial charge in [-0.1, -0.05) is 11.3 Å². The topological polar surface area (TPSA) is 126 Å². The van der Waals surface area contributed by atoms with E-state index >= 15 is 0 Å². The van der Waals surface area contributed by atoms with Crippen LogP contribution in [-0.2, 0) is 4.79 Å². The quantitative estimate of drug-likeness (QED) is 0.422. The van der Waals surface area contributed by atoms with E-state index in [2.05, 4.69) is 40.5 Å². The lowest BCUT2D eigenvalue weighted by Crippen LogP contribution is -2.68. The van der Waals surface area contributed by atoms with Gasteiger partial charge in [-0.3, -0.25) is 24.9 Å². The molecule has 0 radical (unpaired) electrons. The average Bonchev–Trinajstić information content (AvgIpc) is 3.25.